The third-order valence-electron chi connectivity index (χ3n) is 4.61. The van der Waals surface area contributed by atoms with Crippen LogP contribution in [0.1, 0.15) is 0 Å². The predicted molar refractivity (Wildman–Crippen MR) is 105 cm³/mol. The van der Waals surface area contributed by atoms with Gasteiger partial charge >= 0.3 is 0 Å². The molecule has 0 amide bonds. The van der Waals surface area contributed by atoms with Crippen molar-refractivity contribution >= 4 is 23.1 Å². The first-order chi connectivity index (χ1) is 13.8. The minimum Gasteiger partial charge on any atom is -0.378 e. The number of ether oxygens (including phenoxy) is 1. The van der Waals surface area contributed by atoms with Gasteiger partial charge in [0.25, 0.3) is 0 Å². The van der Waals surface area contributed by atoms with Crippen molar-refractivity contribution in [3.8, 4) is 22.6 Å². The van der Waals surface area contributed by atoms with E-state index < -0.39 is 0 Å². The summed E-state index contributed by atoms with van der Waals surface area (Å²) in [5, 5.41) is 4.99. The first-order valence-corrected chi connectivity index (χ1v) is 9.28. The summed E-state index contributed by atoms with van der Waals surface area (Å²) in [5.41, 5.74) is 3.95. The maximum atomic E-state index is 5.99. The summed E-state index contributed by atoms with van der Waals surface area (Å²) < 4.78 is 7.37. The van der Waals surface area contributed by atoms with Crippen LogP contribution >= 0.6 is 11.6 Å². The van der Waals surface area contributed by atoms with Crippen molar-refractivity contribution in [1.29, 1.82) is 0 Å². The average Bonchev–Trinajstić information content (AvgIpc) is 3.19. The highest BCUT2D eigenvalue weighted by molar-refractivity contribution is 6.28. The Bertz CT molecular complexity index is 1130. The molecule has 0 unspecified atom stereocenters. The normalized spacial score (nSPS) is 14.5. The Balaban J connectivity index is 1.70. The zero-order valence-electron chi connectivity index (χ0n) is 14.9. The molecule has 0 aliphatic carbocycles. The Morgan fingerprint density at radius 2 is 1.71 bits per heavy atom. The number of hydrogen-bond donors (Lipinski definition) is 0. The predicted octanol–water partition coefficient (Wildman–Crippen LogP) is 2.74. The first kappa shape index (κ1) is 17.0. The number of halogens is 1. The van der Waals surface area contributed by atoms with Crippen molar-refractivity contribution in [3.63, 3.8) is 0 Å². The molecule has 28 heavy (non-hydrogen) atoms. The van der Waals surface area contributed by atoms with E-state index in [0.29, 0.717) is 18.9 Å². The molecule has 5 heterocycles. The second-order valence-electron chi connectivity index (χ2n) is 6.35. The second kappa shape index (κ2) is 7.14. The van der Waals surface area contributed by atoms with Gasteiger partial charge in [-0.2, -0.15) is 9.61 Å². The van der Waals surface area contributed by atoms with Crippen LogP contribution in [-0.4, -0.2) is 55.9 Å². The lowest BCUT2D eigenvalue weighted by Crippen LogP contribution is -2.37. The number of anilines is 1. The molecule has 4 aromatic rings. The Labute approximate surface area is 165 Å². The number of nitrogens with zero attached hydrogens (tertiary/aromatic N) is 7. The highest BCUT2D eigenvalue weighted by Gasteiger charge is 2.19. The van der Waals surface area contributed by atoms with Crippen LogP contribution in [0, 0.1) is 0 Å². The highest BCUT2D eigenvalue weighted by atomic mass is 35.5. The number of pyridine rings is 1. The topological polar surface area (TPSA) is 81.3 Å². The van der Waals surface area contributed by atoms with Gasteiger partial charge in [0.1, 0.15) is 5.82 Å². The molecule has 9 heteroatoms. The third-order valence-corrected chi connectivity index (χ3v) is 4.79. The van der Waals surface area contributed by atoms with Crippen LogP contribution in [-0.2, 0) is 4.74 Å². The monoisotopic (exact) mass is 393 g/mol. The molecule has 8 nitrogen and oxygen atoms in total. The summed E-state index contributed by atoms with van der Waals surface area (Å²) in [4.78, 5) is 19.4. The molecule has 0 N–H and O–H groups in total. The largest absolute Gasteiger partial charge is 0.378 e. The Hall–Kier alpha value is -3.10. The van der Waals surface area contributed by atoms with Crippen molar-refractivity contribution in [2.45, 2.75) is 0 Å². The van der Waals surface area contributed by atoms with E-state index in [1.165, 1.54) is 0 Å². The molecule has 0 atom stereocenters. The van der Waals surface area contributed by atoms with E-state index in [4.69, 9.17) is 26.4 Å². The number of rotatable bonds is 3. The van der Waals surface area contributed by atoms with Crippen molar-refractivity contribution in [3.05, 3.63) is 54.2 Å². The Kier molecular flexibility index (Phi) is 4.34. The summed E-state index contributed by atoms with van der Waals surface area (Å²) in [6, 6.07) is 9.61. The number of hydrogen-bond acceptors (Lipinski definition) is 7. The lowest BCUT2D eigenvalue weighted by atomic mass is 10.2. The van der Waals surface area contributed by atoms with Crippen molar-refractivity contribution in [2.24, 2.45) is 0 Å². The molecular weight excluding hydrogens is 378 g/mol. The lowest BCUT2D eigenvalue weighted by molar-refractivity contribution is 0.122. The van der Waals surface area contributed by atoms with E-state index in [1.807, 2.05) is 28.8 Å². The minimum absolute atomic E-state index is 0.193. The van der Waals surface area contributed by atoms with E-state index in [9.17, 15) is 0 Å². The lowest BCUT2D eigenvalue weighted by Gasteiger charge is -2.29. The molecule has 1 fully saturated rings. The maximum Gasteiger partial charge on any atom is 0.222 e. The van der Waals surface area contributed by atoms with Crippen LogP contribution in [0.2, 0.25) is 5.28 Å². The summed E-state index contributed by atoms with van der Waals surface area (Å²) in [5.74, 6) is 0.943. The van der Waals surface area contributed by atoms with E-state index in [1.54, 1.807) is 24.7 Å². The minimum atomic E-state index is 0.193. The van der Waals surface area contributed by atoms with Gasteiger partial charge in [-0.05, 0) is 29.8 Å². The summed E-state index contributed by atoms with van der Waals surface area (Å²) >= 11 is 5.99. The Morgan fingerprint density at radius 3 is 2.50 bits per heavy atom. The van der Waals surface area contributed by atoms with E-state index in [-0.39, 0.29) is 5.28 Å². The van der Waals surface area contributed by atoms with Gasteiger partial charge in [-0.25, -0.2) is 15.0 Å². The highest BCUT2D eigenvalue weighted by Crippen LogP contribution is 2.27. The Morgan fingerprint density at radius 1 is 0.893 bits per heavy atom. The van der Waals surface area contributed by atoms with Gasteiger partial charge in [0.15, 0.2) is 5.65 Å². The number of aromatic nitrogens is 6. The van der Waals surface area contributed by atoms with Gasteiger partial charge < -0.3 is 9.64 Å². The molecule has 4 aromatic heterocycles. The summed E-state index contributed by atoms with van der Waals surface area (Å²) in [6.45, 7) is 2.93. The quantitative estimate of drug-likeness (QED) is 0.495. The molecule has 0 saturated carbocycles. The standard InChI is InChI=1S/C19H16ClN7O/c20-19-22-6-3-14(24-19)16-12-18(26-7-9-28-10-8-26)27-17(23-16)11-15(25-27)13-1-4-21-5-2-13/h1-6,11-12H,7-10H2. The second-order valence-corrected chi connectivity index (χ2v) is 6.68. The molecule has 0 radical (unpaired) electrons. The van der Waals surface area contributed by atoms with Crippen molar-refractivity contribution in [1.82, 2.24) is 29.5 Å². The average molecular weight is 394 g/mol. The SMILES string of the molecule is Clc1nccc(-c2cc(N3CCOCC3)n3nc(-c4ccncc4)cc3n2)n1. The summed E-state index contributed by atoms with van der Waals surface area (Å²) in [6.07, 6.45) is 5.14. The molecule has 5 rings (SSSR count). The molecule has 1 aliphatic rings. The molecule has 0 spiro atoms. The molecule has 1 saturated heterocycles. The van der Waals surface area contributed by atoms with Crippen LogP contribution in [0.15, 0.2) is 48.9 Å². The zero-order valence-corrected chi connectivity index (χ0v) is 15.6. The first-order valence-electron chi connectivity index (χ1n) is 8.91. The van der Waals surface area contributed by atoms with Crippen molar-refractivity contribution < 1.29 is 4.74 Å². The zero-order chi connectivity index (χ0) is 18.9. The van der Waals surface area contributed by atoms with Crippen LogP contribution in [0.3, 0.4) is 0 Å². The van der Waals surface area contributed by atoms with Gasteiger partial charge in [0.2, 0.25) is 5.28 Å². The molecule has 1 aliphatic heterocycles. The fourth-order valence-corrected chi connectivity index (χ4v) is 3.40. The van der Waals surface area contributed by atoms with Gasteiger partial charge in [0.05, 0.1) is 30.3 Å². The van der Waals surface area contributed by atoms with E-state index in [0.717, 1.165) is 41.5 Å². The number of morpholine rings is 1. The van der Waals surface area contributed by atoms with Gasteiger partial charge in [0, 0.05) is 49.4 Å². The molecule has 140 valence electrons. The van der Waals surface area contributed by atoms with Crippen LogP contribution in [0.25, 0.3) is 28.3 Å². The fourth-order valence-electron chi connectivity index (χ4n) is 3.25. The number of fused-ring (bicyclic) bond motifs is 1. The van der Waals surface area contributed by atoms with E-state index >= 15 is 0 Å². The summed E-state index contributed by atoms with van der Waals surface area (Å²) in [7, 11) is 0. The van der Waals surface area contributed by atoms with Crippen LogP contribution < -0.4 is 4.90 Å². The van der Waals surface area contributed by atoms with Crippen LogP contribution in [0.5, 0.6) is 0 Å². The fraction of sp³-hybridized carbons (Fsp3) is 0.211. The smallest absolute Gasteiger partial charge is 0.222 e. The van der Waals surface area contributed by atoms with E-state index in [2.05, 4.69) is 19.9 Å². The van der Waals surface area contributed by atoms with Gasteiger partial charge in [-0.15, -0.1) is 0 Å². The van der Waals surface area contributed by atoms with Crippen molar-refractivity contribution in [2.75, 3.05) is 31.2 Å². The van der Waals surface area contributed by atoms with Gasteiger partial charge in [-0.3, -0.25) is 4.98 Å². The molecule has 0 bridgehead atoms. The van der Waals surface area contributed by atoms with Gasteiger partial charge in [-0.1, -0.05) is 0 Å². The molecular formula is C19H16ClN7O. The third kappa shape index (κ3) is 3.17. The maximum absolute atomic E-state index is 5.99. The van der Waals surface area contributed by atoms with Crippen LogP contribution in [0.4, 0.5) is 5.82 Å². The molecule has 0 aromatic carbocycles.